The zero-order valence-electron chi connectivity index (χ0n) is 32.4. The highest BCUT2D eigenvalue weighted by molar-refractivity contribution is 7.86. The van der Waals surface area contributed by atoms with Gasteiger partial charge in [-0.25, -0.2) is 0 Å². The number of aliphatic hydroxyl groups is 6. The van der Waals surface area contributed by atoms with E-state index in [-0.39, 0.29) is 124 Å². The van der Waals surface area contributed by atoms with E-state index >= 15 is 0 Å². The molecule has 26 heteroatoms. The summed E-state index contributed by atoms with van der Waals surface area (Å²) in [4.78, 5) is 27.4. The van der Waals surface area contributed by atoms with Gasteiger partial charge in [0.2, 0.25) is 35.7 Å². The molecule has 0 aliphatic rings. The fourth-order valence-corrected chi connectivity index (χ4v) is 6.67. The molecule has 0 fully saturated rings. The highest BCUT2D eigenvalue weighted by Crippen LogP contribution is 2.29. The molecule has 0 bridgehead atoms. The number of hydrogen-bond acceptors (Lipinski definition) is 22. The van der Waals surface area contributed by atoms with Crippen molar-refractivity contribution in [2.24, 2.45) is 0 Å². The first-order valence-electron chi connectivity index (χ1n) is 18.2. The van der Waals surface area contributed by atoms with Gasteiger partial charge in [-0.1, -0.05) is 24.3 Å². The van der Waals surface area contributed by atoms with Crippen LogP contribution in [-0.4, -0.2) is 164 Å². The third-order valence-corrected chi connectivity index (χ3v) is 9.76. The van der Waals surface area contributed by atoms with Gasteiger partial charge in [-0.2, -0.15) is 46.7 Å². The number of hydrogen-bond donors (Lipinski definition) is 12. The average Bonchev–Trinajstić information content (AvgIpc) is 3.18. The maximum absolute atomic E-state index is 12.6. The summed E-state index contributed by atoms with van der Waals surface area (Å²) < 4.78 is 70.8. The molecule has 0 saturated heterocycles. The van der Waals surface area contributed by atoms with Crippen molar-refractivity contribution in [1.29, 1.82) is 0 Å². The molecule has 0 amide bonds. The van der Waals surface area contributed by atoms with E-state index in [1.54, 1.807) is 0 Å². The van der Waals surface area contributed by atoms with E-state index in [2.05, 4.69) is 51.2 Å². The summed E-state index contributed by atoms with van der Waals surface area (Å²) >= 11 is 0. The van der Waals surface area contributed by atoms with Gasteiger partial charge in [-0.3, -0.25) is 9.11 Å². The van der Waals surface area contributed by atoms with Crippen LogP contribution in [0.4, 0.5) is 47.1 Å². The molecule has 2 heterocycles. The van der Waals surface area contributed by atoms with Crippen LogP contribution in [-0.2, 0) is 20.2 Å². The van der Waals surface area contributed by atoms with E-state index < -0.39 is 42.2 Å². The molecule has 2 atom stereocenters. The highest BCUT2D eigenvalue weighted by atomic mass is 32.2. The molecule has 4 rings (SSSR count). The number of benzene rings is 2. The Morgan fingerprint density at radius 1 is 0.567 bits per heavy atom. The minimum atomic E-state index is -4.92. The van der Waals surface area contributed by atoms with Crippen molar-refractivity contribution >= 4 is 79.5 Å². The van der Waals surface area contributed by atoms with Crippen molar-refractivity contribution < 1.29 is 56.6 Å². The molecule has 0 aliphatic heterocycles. The summed E-state index contributed by atoms with van der Waals surface area (Å²) in [6.45, 7) is 2.17. The van der Waals surface area contributed by atoms with Crippen LogP contribution in [0, 0.1) is 0 Å². The molecule has 0 spiro atoms. The van der Waals surface area contributed by atoms with Crippen LogP contribution >= 0.6 is 0 Å². The quantitative estimate of drug-likeness (QED) is 0.0308. The van der Waals surface area contributed by atoms with Gasteiger partial charge in [0.1, 0.15) is 9.79 Å². The topological polar surface area (TPSA) is 362 Å². The second kappa shape index (κ2) is 21.7. The first kappa shape index (κ1) is 47.3. The van der Waals surface area contributed by atoms with E-state index in [1.165, 1.54) is 60.1 Å². The fourth-order valence-electron chi connectivity index (χ4n) is 5.25. The van der Waals surface area contributed by atoms with Gasteiger partial charge in [0.25, 0.3) is 20.2 Å². The summed E-state index contributed by atoms with van der Waals surface area (Å²) in [6.07, 6.45) is 0.826. The molecule has 0 radical (unpaired) electrons. The Balaban J connectivity index is 1.69. The third-order valence-electron chi connectivity index (χ3n) is 7.94. The molecule has 60 heavy (non-hydrogen) atoms. The first-order valence-corrected chi connectivity index (χ1v) is 21.1. The number of rotatable bonds is 24. The van der Waals surface area contributed by atoms with Crippen molar-refractivity contribution in [1.82, 2.24) is 29.9 Å². The van der Waals surface area contributed by atoms with Crippen molar-refractivity contribution in [2.75, 3.05) is 96.8 Å². The van der Waals surface area contributed by atoms with E-state index in [0.717, 1.165) is 12.1 Å². The SMILES string of the molecule is CC(O)CNc1nc(Nc2ccc(/C=C/c3ccc(Nc4nc(NCC(C)O)nc(N(CCO)CCO)n4)cc3S(=O)(=O)O)c(S(=O)(=O)O)c2)nc(N(CCO)CCO)n1. The van der Waals surface area contributed by atoms with E-state index in [4.69, 9.17) is 0 Å². The standard InChI is InChI=1S/C34H48N12O12S2/c1-21(51)19-35-29-39-31(43-33(41-29)45(9-13-47)10-14-48)37-25-7-5-23(27(17-25)59(53,54)55)3-4-24-6-8-26(18-28(24)60(56,57)58)38-32-40-30(36-20-22(2)52)42-34(44-32)46(11-15-49)12-16-50/h3-8,17-18,21-22,47-52H,9-16,19-20H2,1-2H3,(H,53,54,55)(H,56,57,58)(H2,35,37,39,41,43)(H2,36,38,40,42,44)/b4-3+. The smallest absolute Gasteiger partial charge is 0.295 e. The first-order chi connectivity index (χ1) is 28.4. The lowest BCUT2D eigenvalue weighted by atomic mass is 10.1. The van der Waals surface area contributed by atoms with Crippen LogP contribution in [0.25, 0.3) is 12.2 Å². The lowest BCUT2D eigenvalue weighted by molar-refractivity contribution is 0.207. The number of aromatic nitrogens is 6. The molecular formula is C34H48N12O12S2. The molecule has 2 aromatic carbocycles. The van der Waals surface area contributed by atoms with Gasteiger partial charge in [0, 0.05) is 50.6 Å². The van der Waals surface area contributed by atoms with Gasteiger partial charge in [-0.15, -0.1) is 0 Å². The van der Waals surface area contributed by atoms with Crippen molar-refractivity contribution in [2.45, 2.75) is 35.8 Å². The number of anilines is 8. The molecular weight excluding hydrogens is 833 g/mol. The highest BCUT2D eigenvalue weighted by Gasteiger charge is 2.20. The minimum absolute atomic E-state index is 0.00459. The maximum Gasteiger partial charge on any atom is 0.295 e. The Labute approximate surface area is 345 Å². The van der Waals surface area contributed by atoms with Crippen molar-refractivity contribution in [3.8, 4) is 0 Å². The second-order valence-corrected chi connectivity index (χ2v) is 15.7. The Kier molecular flexibility index (Phi) is 17.1. The van der Waals surface area contributed by atoms with E-state index in [0.29, 0.717) is 0 Å². The Morgan fingerprint density at radius 3 is 1.20 bits per heavy atom. The lowest BCUT2D eigenvalue weighted by Gasteiger charge is -2.21. The summed E-state index contributed by atoms with van der Waals surface area (Å²) in [6, 6.07) is 7.53. The predicted molar refractivity (Wildman–Crippen MR) is 221 cm³/mol. The molecule has 24 nitrogen and oxygen atoms in total. The van der Waals surface area contributed by atoms with E-state index in [9.17, 15) is 56.6 Å². The molecule has 0 saturated carbocycles. The van der Waals surface area contributed by atoms with Gasteiger partial charge >= 0.3 is 0 Å². The number of aliphatic hydroxyl groups excluding tert-OH is 6. The minimum Gasteiger partial charge on any atom is -0.395 e. The summed E-state index contributed by atoms with van der Waals surface area (Å²) in [7, 11) is -9.84. The van der Waals surface area contributed by atoms with Crippen LogP contribution in [0.2, 0.25) is 0 Å². The van der Waals surface area contributed by atoms with Gasteiger partial charge < -0.3 is 61.7 Å². The zero-order valence-corrected chi connectivity index (χ0v) is 34.1. The number of nitrogens with zero attached hydrogens (tertiary/aromatic N) is 8. The summed E-state index contributed by atoms with van der Waals surface area (Å²) in [5.74, 6) is -0.152. The largest absolute Gasteiger partial charge is 0.395 e. The zero-order chi connectivity index (χ0) is 44.0. The monoisotopic (exact) mass is 880 g/mol. The Hall–Kier alpha value is -5.42. The van der Waals surface area contributed by atoms with Crippen molar-refractivity contribution in [3.63, 3.8) is 0 Å². The maximum atomic E-state index is 12.6. The normalized spacial score (nSPS) is 12.9. The molecule has 0 aliphatic carbocycles. The summed E-state index contributed by atoms with van der Waals surface area (Å²) in [5, 5.41) is 68.9. The van der Waals surface area contributed by atoms with Crippen LogP contribution in [0.5, 0.6) is 0 Å². The molecule has 4 aromatic rings. The molecule has 12 N–H and O–H groups in total. The summed E-state index contributed by atoms with van der Waals surface area (Å²) in [5.41, 5.74) is -0.0382. The molecule has 2 aromatic heterocycles. The van der Waals surface area contributed by atoms with Gasteiger partial charge in [0.05, 0.1) is 38.6 Å². The van der Waals surface area contributed by atoms with Crippen LogP contribution in [0.15, 0.2) is 46.2 Å². The Morgan fingerprint density at radius 2 is 0.900 bits per heavy atom. The van der Waals surface area contributed by atoms with Crippen LogP contribution in [0.1, 0.15) is 25.0 Å². The van der Waals surface area contributed by atoms with Gasteiger partial charge in [0.15, 0.2) is 0 Å². The second-order valence-electron chi connectivity index (χ2n) is 12.9. The molecule has 2 unspecified atom stereocenters. The number of nitrogens with one attached hydrogen (secondary N) is 4. The Bertz CT molecular complexity index is 2130. The third kappa shape index (κ3) is 14.1. The predicted octanol–water partition coefficient (Wildman–Crippen LogP) is -0.625. The fraction of sp³-hybridized carbons (Fsp3) is 0.412. The van der Waals surface area contributed by atoms with Gasteiger partial charge in [-0.05, 0) is 49.2 Å². The van der Waals surface area contributed by atoms with Crippen LogP contribution in [0.3, 0.4) is 0 Å². The van der Waals surface area contributed by atoms with Crippen molar-refractivity contribution in [3.05, 3.63) is 47.5 Å². The van der Waals surface area contributed by atoms with E-state index in [1.807, 2.05) is 0 Å². The average molecular weight is 881 g/mol. The lowest BCUT2D eigenvalue weighted by Crippen LogP contribution is -2.32. The van der Waals surface area contributed by atoms with Crippen LogP contribution < -0.4 is 31.1 Å². The molecule has 328 valence electrons.